The molecule has 0 spiro atoms. The van der Waals surface area contributed by atoms with Crippen LogP contribution < -0.4 is 0 Å². The summed E-state index contributed by atoms with van der Waals surface area (Å²) in [5.74, 6) is -0.691. The number of rotatable bonds is 4. The summed E-state index contributed by atoms with van der Waals surface area (Å²) in [6.45, 7) is 3.56. The normalized spacial score (nSPS) is 11.9. The number of ether oxygens (including phenoxy) is 1. The first-order valence-electron chi connectivity index (χ1n) is 7.86. The molecule has 0 unspecified atom stereocenters. The van der Waals surface area contributed by atoms with Gasteiger partial charge < -0.3 is 4.74 Å². The zero-order chi connectivity index (χ0) is 17.1. The Morgan fingerprint density at radius 1 is 0.875 bits per heavy atom. The summed E-state index contributed by atoms with van der Waals surface area (Å²) in [7, 11) is 0. The molecule has 0 radical (unpaired) electrons. The smallest absolute Gasteiger partial charge is 0.339 e. The van der Waals surface area contributed by atoms with Gasteiger partial charge in [0.2, 0.25) is 5.78 Å². The topological polar surface area (TPSA) is 43.4 Å². The van der Waals surface area contributed by atoms with Gasteiger partial charge in [-0.05, 0) is 30.7 Å². The maximum Gasteiger partial charge on any atom is 0.339 e. The second-order valence-electron chi connectivity index (χ2n) is 5.80. The van der Waals surface area contributed by atoms with Crippen LogP contribution in [0.15, 0.2) is 66.7 Å². The number of carbonyl (C=O) groups excluding carboxylic acids is 2. The van der Waals surface area contributed by atoms with E-state index in [4.69, 9.17) is 4.74 Å². The van der Waals surface area contributed by atoms with Crippen LogP contribution in [0.5, 0.6) is 0 Å². The number of Topliss-reactive ketones (excluding diaryl/α,β-unsaturated/α-hetero) is 1. The van der Waals surface area contributed by atoms with Crippen LogP contribution in [-0.4, -0.2) is 17.9 Å². The third kappa shape index (κ3) is 3.20. The van der Waals surface area contributed by atoms with E-state index in [0.29, 0.717) is 11.1 Å². The van der Waals surface area contributed by atoms with Gasteiger partial charge in [-0.1, -0.05) is 66.2 Å². The van der Waals surface area contributed by atoms with Gasteiger partial charge in [-0.2, -0.15) is 0 Å². The quantitative estimate of drug-likeness (QED) is 0.522. The van der Waals surface area contributed by atoms with E-state index in [1.165, 1.54) is 0 Å². The van der Waals surface area contributed by atoms with Crippen LogP contribution in [0.3, 0.4) is 0 Å². The Kier molecular flexibility index (Phi) is 4.43. The van der Waals surface area contributed by atoms with Gasteiger partial charge in [0.05, 0.1) is 5.56 Å². The molecule has 0 aliphatic carbocycles. The minimum atomic E-state index is -0.834. The summed E-state index contributed by atoms with van der Waals surface area (Å²) in [6.07, 6.45) is -0.834. The number of esters is 1. The van der Waals surface area contributed by atoms with Gasteiger partial charge in [0.1, 0.15) is 0 Å². The van der Waals surface area contributed by atoms with Crippen molar-refractivity contribution in [2.75, 3.05) is 0 Å². The molecule has 0 N–H and O–H groups in total. The monoisotopic (exact) mass is 318 g/mol. The highest BCUT2D eigenvalue weighted by molar-refractivity contribution is 6.06. The molecule has 0 aromatic heterocycles. The van der Waals surface area contributed by atoms with E-state index in [1.54, 1.807) is 25.1 Å². The van der Waals surface area contributed by atoms with E-state index < -0.39 is 12.1 Å². The van der Waals surface area contributed by atoms with Gasteiger partial charge in [-0.3, -0.25) is 4.79 Å². The molecule has 0 bridgehead atoms. The molecule has 1 atom stereocenters. The zero-order valence-corrected chi connectivity index (χ0v) is 13.7. The number of hydrogen-bond donors (Lipinski definition) is 0. The molecule has 3 heteroatoms. The Labute approximate surface area is 140 Å². The first-order chi connectivity index (χ1) is 11.6. The number of ketones is 1. The second-order valence-corrected chi connectivity index (χ2v) is 5.80. The standard InChI is InChI=1S/C21H18O3/c1-14-10-12-17(13-11-14)20(22)15(2)24-21(23)19-9-5-7-16-6-3-4-8-18(16)19/h3-13,15H,1-2H3/t15-/m0/s1. The second kappa shape index (κ2) is 6.67. The molecular formula is C21H18O3. The average Bonchev–Trinajstić information content (AvgIpc) is 2.61. The highest BCUT2D eigenvalue weighted by Gasteiger charge is 2.21. The van der Waals surface area contributed by atoms with Crippen molar-refractivity contribution in [3.8, 4) is 0 Å². The lowest BCUT2D eigenvalue weighted by Gasteiger charge is -2.13. The molecule has 0 amide bonds. The van der Waals surface area contributed by atoms with Crippen LogP contribution in [0.2, 0.25) is 0 Å². The molecule has 0 aliphatic rings. The number of aryl methyl sites for hydroxylation is 1. The molecule has 0 saturated carbocycles. The summed E-state index contributed by atoms with van der Waals surface area (Å²) in [5, 5.41) is 1.78. The molecule has 24 heavy (non-hydrogen) atoms. The summed E-state index contributed by atoms with van der Waals surface area (Å²) in [4.78, 5) is 24.9. The lowest BCUT2D eigenvalue weighted by Crippen LogP contribution is -2.24. The van der Waals surface area contributed by atoms with Gasteiger partial charge in [-0.25, -0.2) is 4.79 Å². The summed E-state index contributed by atoms with van der Waals surface area (Å²) in [6, 6.07) is 20.3. The maximum absolute atomic E-state index is 12.5. The lowest BCUT2D eigenvalue weighted by atomic mass is 10.0. The van der Waals surface area contributed by atoms with Gasteiger partial charge in [0.25, 0.3) is 0 Å². The maximum atomic E-state index is 12.5. The predicted molar refractivity (Wildman–Crippen MR) is 94.3 cm³/mol. The van der Waals surface area contributed by atoms with Gasteiger partial charge >= 0.3 is 5.97 Å². The van der Waals surface area contributed by atoms with Crippen molar-refractivity contribution in [3.05, 3.63) is 83.4 Å². The van der Waals surface area contributed by atoms with Crippen molar-refractivity contribution in [3.63, 3.8) is 0 Å². The first-order valence-corrected chi connectivity index (χ1v) is 7.86. The van der Waals surface area contributed by atoms with E-state index in [1.807, 2.05) is 55.5 Å². The van der Waals surface area contributed by atoms with Crippen LogP contribution in [0.4, 0.5) is 0 Å². The fourth-order valence-corrected chi connectivity index (χ4v) is 2.63. The molecular weight excluding hydrogens is 300 g/mol. The van der Waals surface area contributed by atoms with Crippen molar-refractivity contribution in [2.45, 2.75) is 20.0 Å². The van der Waals surface area contributed by atoms with Crippen molar-refractivity contribution in [1.82, 2.24) is 0 Å². The number of fused-ring (bicyclic) bond motifs is 1. The first kappa shape index (κ1) is 15.9. The summed E-state index contributed by atoms with van der Waals surface area (Å²) >= 11 is 0. The minimum Gasteiger partial charge on any atom is -0.451 e. The molecule has 0 heterocycles. The summed E-state index contributed by atoms with van der Waals surface area (Å²) in [5.41, 5.74) is 2.09. The Hall–Kier alpha value is -2.94. The SMILES string of the molecule is Cc1ccc(C(=O)[C@H](C)OC(=O)c2cccc3ccccc23)cc1. The van der Waals surface area contributed by atoms with Crippen LogP contribution >= 0.6 is 0 Å². The fourth-order valence-electron chi connectivity index (χ4n) is 2.63. The highest BCUT2D eigenvalue weighted by atomic mass is 16.5. The minimum absolute atomic E-state index is 0.205. The largest absolute Gasteiger partial charge is 0.451 e. The Balaban J connectivity index is 1.80. The Bertz CT molecular complexity index is 889. The third-order valence-corrected chi connectivity index (χ3v) is 4.00. The van der Waals surface area contributed by atoms with Crippen molar-refractivity contribution in [1.29, 1.82) is 0 Å². The number of benzene rings is 3. The van der Waals surface area contributed by atoms with E-state index in [0.717, 1.165) is 16.3 Å². The van der Waals surface area contributed by atoms with Crippen molar-refractivity contribution >= 4 is 22.5 Å². The van der Waals surface area contributed by atoms with E-state index in [-0.39, 0.29) is 5.78 Å². The third-order valence-electron chi connectivity index (χ3n) is 4.00. The average molecular weight is 318 g/mol. The molecule has 3 nitrogen and oxygen atoms in total. The van der Waals surface area contributed by atoms with Gasteiger partial charge in [0.15, 0.2) is 6.10 Å². The molecule has 3 rings (SSSR count). The number of carbonyl (C=O) groups is 2. The highest BCUT2D eigenvalue weighted by Crippen LogP contribution is 2.20. The Morgan fingerprint density at radius 2 is 1.54 bits per heavy atom. The van der Waals surface area contributed by atoms with E-state index in [9.17, 15) is 9.59 Å². The van der Waals surface area contributed by atoms with Crippen LogP contribution in [-0.2, 0) is 4.74 Å². The van der Waals surface area contributed by atoms with Gasteiger partial charge in [-0.15, -0.1) is 0 Å². The number of hydrogen-bond acceptors (Lipinski definition) is 3. The van der Waals surface area contributed by atoms with E-state index in [2.05, 4.69) is 0 Å². The fraction of sp³-hybridized carbons (Fsp3) is 0.143. The lowest BCUT2D eigenvalue weighted by molar-refractivity contribution is 0.0321. The molecule has 0 saturated heterocycles. The van der Waals surface area contributed by atoms with Crippen molar-refractivity contribution in [2.24, 2.45) is 0 Å². The van der Waals surface area contributed by atoms with E-state index >= 15 is 0 Å². The zero-order valence-electron chi connectivity index (χ0n) is 13.7. The van der Waals surface area contributed by atoms with Crippen LogP contribution in [0, 0.1) is 6.92 Å². The van der Waals surface area contributed by atoms with Crippen LogP contribution in [0.1, 0.15) is 33.2 Å². The van der Waals surface area contributed by atoms with Crippen molar-refractivity contribution < 1.29 is 14.3 Å². The molecule has 3 aromatic carbocycles. The molecule has 120 valence electrons. The molecule has 0 fully saturated rings. The summed E-state index contributed by atoms with van der Waals surface area (Å²) < 4.78 is 5.40. The molecule has 0 aliphatic heterocycles. The van der Waals surface area contributed by atoms with Crippen LogP contribution in [0.25, 0.3) is 10.8 Å². The van der Waals surface area contributed by atoms with Gasteiger partial charge in [0, 0.05) is 5.56 Å². The Morgan fingerprint density at radius 3 is 2.29 bits per heavy atom. The molecule has 3 aromatic rings. The predicted octanol–water partition coefficient (Wildman–Crippen LogP) is 4.58.